The van der Waals surface area contributed by atoms with E-state index in [9.17, 15) is 4.39 Å². The van der Waals surface area contributed by atoms with Gasteiger partial charge < -0.3 is 0 Å². The van der Waals surface area contributed by atoms with Gasteiger partial charge in [-0.2, -0.15) is 5.26 Å². The number of rotatable bonds is 7. The Balaban J connectivity index is 1.31. The summed E-state index contributed by atoms with van der Waals surface area (Å²) in [7, 11) is 0. The van der Waals surface area contributed by atoms with Crippen LogP contribution in [0.15, 0.2) is 12.2 Å². The topological polar surface area (TPSA) is 23.8 Å². The van der Waals surface area contributed by atoms with Crippen LogP contribution < -0.4 is 0 Å². The summed E-state index contributed by atoms with van der Waals surface area (Å²) < 4.78 is 13.2. The van der Waals surface area contributed by atoms with Crippen LogP contribution in [-0.2, 0) is 0 Å². The molecule has 0 N–H and O–H groups in total. The van der Waals surface area contributed by atoms with E-state index in [0.717, 1.165) is 48.9 Å². The van der Waals surface area contributed by atoms with E-state index < -0.39 is 6.17 Å². The van der Waals surface area contributed by atoms with Gasteiger partial charge in [-0.3, -0.25) is 0 Å². The van der Waals surface area contributed by atoms with Crippen LogP contribution in [0, 0.1) is 46.8 Å². The molecule has 3 fully saturated rings. The maximum atomic E-state index is 13.2. The van der Waals surface area contributed by atoms with Gasteiger partial charge >= 0.3 is 0 Å². The molecule has 158 valence electrons. The second-order valence-electron chi connectivity index (χ2n) is 10.1. The van der Waals surface area contributed by atoms with E-state index in [1.165, 1.54) is 70.6 Å². The van der Waals surface area contributed by atoms with Crippen LogP contribution in [0.5, 0.6) is 0 Å². The van der Waals surface area contributed by atoms with Crippen molar-refractivity contribution in [3.8, 4) is 6.07 Å². The highest BCUT2D eigenvalue weighted by atomic mass is 19.1. The summed E-state index contributed by atoms with van der Waals surface area (Å²) in [6.07, 6.45) is 22.5. The molecular weight excluding hydrogens is 345 g/mol. The Kier molecular flexibility index (Phi) is 8.88. The number of nitriles is 1. The molecule has 28 heavy (non-hydrogen) atoms. The van der Waals surface area contributed by atoms with Crippen LogP contribution in [0.25, 0.3) is 0 Å². The fourth-order valence-corrected chi connectivity index (χ4v) is 6.47. The number of hydrogen-bond donors (Lipinski definition) is 0. The van der Waals surface area contributed by atoms with Gasteiger partial charge in [-0.05, 0) is 113 Å². The summed E-state index contributed by atoms with van der Waals surface area (Å²) in [5.74, 6) is 5.09. The molecule has 0 aromatic rings. The van der Waals surface area contributed by atoms with E-state index in [-0.39, 0.29) is 0 Å². The molecule has 2 heteroatoms. The zero-order valence-corrected chi connectivity index (χ0v) is 18.1. The van der Waals surface area contributed by atoms with Crippen molar-refractivity contribution in [2.24, 2.45) is 35.5 Å². The number of hydrogen-bond acceptors (Lipinski definition) is 1. The second-order valence-corrected chi connectivity index (χ2v) is 10.1. The molecule has 0 heterocycles. The third-order valence-corrected chi connectivity index (χ3v) is 8.47. The Morgan fingerprint density at radius 2 is 1.29 bits per heavy atom. The van der Waals surface area contributed by atoms with Crippen molar-refractivity contribution in [1.29, 1.82) is 5.26 Å². The monoisotopic (exact) mass is 387 g/mol. The molecule has 3 rings (SSSR count). The summed E-state index contributed by atoms with van der Waals surface area (Å²) in [5.41, 5.74) is 0. The van der Waals surface area contributed by atoms with Crippen molar-refractivity contribution in [3.05, 3.63) is 12.2 Å². The minimum atomic E-state index is -0.743. The molecule has 0 aromatic carbocycles. The molecule has 1 atom stereocenters. The van der Waals surface area contributed by atoms with E-state index in [1.54, 1.807) is 6.08 Å². The van der Waals surface area contributed by atoms with Crippen LogP contribution >= 0.6 is 0 Å². The molecule has 0 aliphatic heterocycles. The van der Waals surface area contributed by atoms with Gasteiger partial charge in [0, 0.05) is 5.92 Å². The zero-order valence-electron chi connectivity index (χ0n) is 18.1. The smallest absolute Gasteiger partial charge is 0.118 e. The summed E-state index contributed by atoms with van der Waals surface area (Å²) in [6, 6.07) is 2.48. The number of allylic oxidation sites excluding steroid dienone is 2. The molecule has 0 spiro atoms. The van der Waals surface area contributed by atoms with Crippen LogP contribution in [-0.4, -0.2) is 6.17 Å². The van der Waals surface area contributed by atoms with Crippen molar-refractivity contribution in [2.45, 2.75) is 109 Å². The Morgan fingerprint density at radius 3 is 1.75 bits per heavy atom. The summed E-state index contributed by atoms with van der Waals surface area (Å²) in [6.45, 7) is 1.91. The third kappa shape index (κ3) is 6.33. The van der Waals surface area contributed by atoms with Crippen LogP contribution in [0.1, 0.15) is 103 Å². The molecule has 0 saturated heterocycles. The Bertz CT molecular complexity index is 497. The quantitative estimate of drug-likeness (QED) is 0.406. The molecule has 0 bridgehead atoms. The van der Waals surface area contributed by atoms with E-state index in [4.69, 9.17) is 5.26 Å². The molecular formula is C26H42FN. The van der Waals surface area contributed by atoms with E-state index in [0.29, 0.717) is 12.3 Å². The molecule has 0 aromatic heterocycles. The molecule has 3 aliphatic carbocycles. The Hall–Kier alpha value is -0.840. The van der Waals surface area contributed by atoms with Crippen molar-refractivity contribution < 1.29 is 4.39 Å². The minimum absolute atomic E-state index is 0.350. The summed E-state index contributed by atoms with van der Waals surface area (Å²) in [5, 5.41) is 9.11. The van der Waals surface area contributed by atoms with Gasteiger partial charge in [0.25, 0.3) is 0 Å². The predicted octanol–water partition coefficient (Wildman–Crippen LogP) is 8.01. The molecule has 3 aliphatic rings. The van der Waals surface area contributed by atoms with Crippen LogP contribution in [0.3, 0.4) is 0 Å². The van der Waals surface area contributed by atoms with Crippen LogP contribution in [0.2, 0.25) is 0 Å². The number of nitrogens with zero attached hydrogens (tertiary/aromatic N) is 1. The van der Waals surface area contributed by atoms with Crippen molar-refractivity contribution in [2.75, 3.05) is 0 Å². The average molecular weight is 388 g/mol. The first-order valence-corrected chi connectivity index (χ1v) is 12.4. The largest absolute Gasteiger partial charge is 0.243 e. The van der Waals surface area contributed by atoms with Gasteiger partial charge in [0.15, 0.2) is 0 Å². The first kappa shape index (κ1) is 21.9. The standard InChI is InChI=1S/C26H42FN/c1-2-26(27)6-4-3-5-20-7-11-22(12-8-20)24-15-17-25(18-16-24)23-13-9-21(19-28)10-14-23/h4,6,20-26H,2-3,5,7-18H2,1H3/t20-,21-,22-,23-,24-,25-,26?. The molecule has 0 amide bonds. The van der Waals surface area contributed by atoms with E-state index in [2.05, 4.69) is 12.1 Å². The Labute approximate surface area is 173 Å². The highest BCUT2D eigenvalue weighted by molar-refractivity contribution is 4.91. The van der Waals surface area contributed by atoms with Gasteiger partial charge in [0.1, 0.15) is 6.17 Å². The lowest BCUT2D eigenvalue weighted by Gasteiger charge is -2.41. The van der Waals surface area contributed by atoms with Crippen molar-refractivity contribution in [1.82, 2.24) is 0 Å². The van der Waals surface area contributed by atoms with E-state index >= 15 is 0 Å². The first-order valence-electron chi connectivity index (χ1n) is 12.4. The fourth-order valence-electron chi connectivity index (χ4n) is 6.47. The van der Waals surface area contributed by atoms with Gasteiger partial charge in [0.05, 0.1) is 6.07 Å². The normalized spacial score (nSPS) is 38.2. The molecule has 1 unspecified atom stereocenters. The van der Waals surface area contributed by atoms with Crippen molar-refractivity contribution >= 4 is 0 Å². The third-order valence-electron chi connectivity index (χ3n) is 8.47. The van der Waals surface area contributed by atoms with Gasteiger partial charge in [-0.1, -0.05) is 31.9 Å². The second kappa shape index (κ2) is 11.4. The SMILES string of the molecule is CCC(F)C=CCC[C@H]1CC[C@H]([C@H]2CC[C@H]([C@H]3CC[C@H](C#N)CC3)CC2)CC1. The molecule has 3 saturated carbocycles. The van der Waals surface area contributed by atoms with E-state index in [1.807, 2.05) is 6.92 Å². The predicted molar refractivity (Wildman–Crippen MR) is 116 cm³/mol. The fraction of sp³-hybridized carbons (Fsp3) is 0.885. The highest BCUT2D eigenvalue weighted by Gasteiger charge is 2.34. The number of halogens is 1. The maximum Gasteiger partial charge on any atom is 0.118 e. The highest BCUT2D eigenvalue weighted by Crippen LogP contribution is 2.46. The molecule has 0 radical (unpaired) electrons. The van der Waals surface area contributed by atoms with Gasteiger partial charge in [0.2, 0.25) is 0 Å². The minimum Gasteiger partial charge on any atom is -0.243 e. The van der Waals surface area contributed by atoms with Crippen LogP contribution in [0.4, 0.5) is 4.39 Å². The lowest BCUT2D eigenvalue weighted by atomic mass is 9.65. The maximum absolute atomic E-state index is 13.2. The first-order chi connectivity index (χ1) is 13.7. The number of alkyl halides is 1. The van der Waals surface area contributed by atoms with Gasteiger partial charge in [-0.25, -0.2) is 4.39 Å². The lowest BCUT2D eigenvalue weighted by Crippen LogP contribution is -2.29. The average Bonchev–Trinajstić information content (AvgIpc) is 2.77. The zero-order chi connectivity index (χ0) is 19.8. The lowest BCUT2D eigenvalue weighted by molar-refractivity contribution is 0.108. The summed E-state index contributed by atoms with van der Waals surface area (Å²) in [4.78, 5) is 0. The Morgan fingerprint density at radius 1 is 0.821 bits per heavy atom. The van der Waals surface area contributed by atoms with Gasteiger partial charge in [-0.15, -0.1) is 0 Å². The van der Waals surface area contributed by atoms with Crippen molar-refractivity contribution in [3.63, 3.8) is 0 Å². The summed E-state index contributed by atoms with van der Waals surface area (Å²) >= 11 is 0. The molecule has 1 nitrogen and oxygen atoms in total.